The van der Waals surface area contributed by atoms with Crippen LogP contribution in [0.2, 0.25) is 0 Å². The van der Waals surface area contributed by atoms with Crippen LogP contribution in [0.1, 0.15) is 20.3 Å². The van der Waals surface area contributed by atoms with Gasteiger partial charge in [0.05, 0.1) is 4.90 Å². The number of hydrogen-bond acceptors (Lipinski definition) is 5. The topological polar surface area (TPSA) is 59.1 Å². The van der Waals surface area contributed by atoms with Crippen LogP contribution < -0.4 is 9.47 Å². The number of sulfonamides is 1. The lowest BCUT2D eigenvalue weighted by Gasteiger charge is -2.37. The molecule has 0 aliphatic carbocycles. The van der Waals surface area contributed by atoms with E-state index in [0.717, 1.165) is 19.5 Å². The highest BCUT2D eigenvalue weighted by molar-refractivity contribution is 7.89. The molecule has 1 unspecified atom stereocenters. The maximum Gasteiger partial charge on any atom is 0.243 e. The molecule has 22 heavy (non-hydrogen) atoms. The lowest BCUT2D eigenvalue weighted by atomic mass is 10.2. The lowest BCUT2D eigenvalue weighted by molar-refractivity contribution is 0.142. The monoisotopic (exact) mass is 326 g/mol. The zero-order chi connectivity index (χ0) is 15.7. The van der Waals surface area contributed by atoms with E-state index in [-0.39, 0.29) is 11.7 Å². The van der Waals surface area contributed by atoms with Gasteiger partial charge in [0.25, 0.3) is 0 Å². The molecule has 1 saturated heterocycles. The van der Waals surface area contributed by atoms with Crippen molar-refractivity contribution in [3.8, 4) is 11.5 Å². The molecular weight excluding hydrogens is 304 g/mol. The van der Waals surface area contributed by atoms with Crippen LogP contribution in [-0.2, 0) is 10.0 Å². The van der Waals surface area contributed by atoms with E-state index in [0.29, 0.717) is 30.6 Å². The summed E-state index contributed by atoms with van der Waals surface area (Å²) in [5.41, 5.74) is 0. The van der Waals surface area contributed by atoms with Crippen LogP contribution in [0.25, 0.3) is 0 Å². The molecule has 0 amide bonds. The Labute approximate surface area is 131 Å². The largest absolute Gasteiger partial charge is 0.454 e. The molecule has 3 rings (SSSR count). The first-order chi connectivity index (χ1) is 10.5. The SMILES string of the molecule is CCC(C)N1CCN(S(=O)(=O)c2ccc3c(c2)OCO3)CC1. The molecule has 1 aromatic carbocycles. The molecule has 0 radical (unpaired) electrons. The molecular formula is C15H22N2O4S. The Balaban J connectivity index is 1.74. The zero-order valence-corrected chi connectivity index (χ0v) is 13.8. The van der Waals surface area contributed by atoms with Gasteiger partial charge in [0, 0.05) is 38.3 Å². The van der Waals surface area contributed by atoms with E-state index in [1.54, 1.807) is 22.5 Å². The van der Waals surface area contributed by atoms with E-state index in [1.165, 1.54) is 0 Å². The van der Waals surface area contributed by atoms with Crippen molar-refractivity contribution in [1.82, 2.24) is 9.21 Å². The first-order valence-corrected chi connectivity index (χ1v) is 9.10. The van der Waals surface area contributed by atoms with Crippen LogP contribution in [0, 0.1) is 0 Å². The fourth-order valence-corrected chi connectivity index (χ4v) is 4.27. The van der Waals surface area contributed by atoms with Crippen molar-refractivity contribution in [2.45, 2.75) is 31.2 Å². The highest BCUT2D eigenvalue weighted by atomic mass is 32.2. The molecule has 1 aromatic rings. The van der Waals surface area contributed by atoms with Crippen molar-refractivity contribution >= 4 is 10.0 Å². The second-order valence-corrected chi connectivity index (χ2v) is 7.65. The summed E-state index contributed by atoms with van der Waals surface area (Å²) in [6.45, 7) is 7.09. The van der Waals surface area contributed by atoms with Gasteiger partial charge in [-0.05, 0) is 25.5 Å². The Morgan fingerprint density at radius 2 is 1.82 bits per heavy atom. The first kappa shape index (κ1) is 15.6. The Hall–Kier alpha value is -1.31. The van der Waals surface area contributed by atoms with Gasteiger partial charge in [0.1, 0.15) is 0 Å². The summed E-state index contributed by atoms with van der Waals surface area (Å²) in [5.74, 6) is 1.10. The standard InChI is InChI=1S/C15H22N2O4S/c1-3-12(2)16-6-8-17(9-7-16)22(18,19)13-4-5-14-15(10-13)21-11-20-14/h4-5,10,12H,3,6-9,11H2,1-2H3. The Kier molecular flexibility index (Phi) is 4.29. The molecule has 6 nitrogen and oxygen atoms in total. The van der Waals surface area contributed by atoms with Gasteiger partial charge in [0.15, 0.2) is 11.5 Å². The highest BCUT2D eigenvalue weighted by Gasteiger charge is 2.30. The molecule has 122 valence electrons. The fourth-order valence-electron chi connectivity index (χ4n) is 2.83. The van der Waals surface area contributed by atoms with E-state index in [1.807, 2.05) is 0 Å². The molecule has 0 bridgehead atoms. The number of piperazine rings is 1. The third-order valence-electron chi connectivity index (χ3n) is 4.47. The van der Waals surface area contributed by atoms with Crippen LogP contribution in [0.3, 0.4) is 0 Å². The van der Waals surface area contributed by atoms with E-state index in [9.17, 15) is 8.42 Å². The Bertz CT molecular complexity index is 639. The molecule has 0 N–H and O–H groups in total. The van der Waals surface area contributed by atoms with Gasteiger partial charge >= 0.3 is 0 Å². The van der Waals surface area contributed by atoms with Crippen LogP contribution in [0.4, 0.5) is 0 Å². The molecule has 7 heteroatoms. The van der Waals surface area contributed by atoms with Crippen molar-refractivity contribution in [2.24, 2.45) is 0 Å². The minimum Gasteiger partial charge on any atom is -0.454 e. The molecule has 0 aromatic heterocycles. The third kappa shape index (κ3) is 2.80. The van der Waals surface area contributed by atoms with E-state index < -0.39 is 10.0 Å². The van der Waals surface area contributed by atoms with Crippen LogP contribution in [-0.4, -0.2) is 56.6 Å². The number of rotatable bonds is 4. The smallest absolute Gasteiger partial charge is 0.243 e. The number of fused-ring (bicyclic) bond motifs is 1. The highest BCUT2D eigenvalue weighted by Crippen LogP contribution is 2.34. The summed E-state index contributed by atoms with van der Waals surface area (Å²) in [5, 5.41) is 0. The molecule has 0 saturated carbocycles. The predicted octanol–water partition coefficient (Wildman–Crippen LogP) is 1.52. The fraction of sp³-hybridized carbons (Fsp3) is 0.600. The lowest BCUT2D eigenvalue weighted by Crippen LogP contribution is -2.51. The quantitative estimate of drug-likeness (QED) is 0.840. The number of hydrogen-bond donors (Lipinski definition) is 0. The summed E-state index contributed by atoms with van der Waals surface area (Å²) >= 11 is 0. The molecule has 2 heterocycles. The average Bonchev–Trinajstić information content (AvgIpc) is 3.01. The van der Waals surface area contributed by atoms with Gasteiger partial charge in [-0.3, -0.25) is 4.90 Å². The van der Waals surface area contributed by atoms with Crippen molar-refractivity contribution in [3.05, 3.63) is 18.2 Å². The van der Waals surface area contributed by atoms with Crippen LogP contribution in [0.5, 0.6) is 11.5 Å². The van der Waals surface area contributed by atoms with Crippen molar-refractivity contribution in [2.75, 3.05) is 33.0 Å². The summed E-state index contributed by atoms with van der Waals surface area (Å²) in [4.78, 5) is 2.61. The molecule has 1 atom stereocenters. The van der Waals surface area contributed by atoms with Gasteiger partial charge in [-0.2, -0.15) is 4.31 Å². The summed E-state index contributed by atoms with van der Waals surface area (Å²) < 4.78 is 37.5. The van der Waals surface area contributed by atoms with E-state index in [2.05, 4.69) is 18.7 Å². The van der Waals surface area contributed by atoms with Gasteiger partial charge in [-0.1, -0.05) is 6.92 Å². The average molecular weight is 326 g/mol. The second kappa shape index (κ2) is 6.06. The summed E-state index contributed by atoms with van der Waals surface area (Å²) in [6.07, 6.45) is 1.08. The predicted molar refractivity (Wildman–Crippen MR) is 82.6 cm³/mol. The van der Waals surface area contributed by atoms with Gasteiger partial charge in [0.2, 0.25) is 16.8 Å². The minimum absolute atomic E-state index is 0.145. The Morgan fingerprint density at radius 3 is 2.50 bits per heavy atom. The summed E-state index contributed by atoms with van der Waals surface area (Å²) in [7, 11) is -3.47. The molecule has 1 fully saturated rings. The summed E-state index contributed by atoms with van der Waals surface area (Å²) in [6, 6.07) is 5.29. The van der Waals surface area contributed by atoms with E-state index in [4.69, 9.17) is 9.47 Å². The third-order valence-corrected chi connectivity index (χ3v) is 6.36. The Morgan fingerprint density at radius 1 is 1.14 bits per heavy atom. The molecule has 2 aliphatic rings. The van der Waals surface area contributed by atoms with Crippen LogP contribution in [0.15, 0.2) is 23.1 Å². The molecule has 0 spiro atoms. The number of nitrogens with zero attached hydrogens (tertiary/aromatic N) is 2. The van der Waals surface area contributed by atoms with Crippen LogP contribution >= 0.6 is 0 Å². The maximum absolute atomic E-state index is 12.7. The normalized spacial score (nSPS) is 21.0. The van der Waals surface area contributed by atoms with Crippen molar-refractivity contribution < 1.29 is 17.9 Å². The second-order valence-electron chi connectivity index (χ2n) is 5.71. The van der Waals surface area contributed by atoms with Crippen molar-refractivity contribution in [1.29, 1.82) is 0 Å². The van der Waals surface area contributed by atoms with Gasteiger partial charge in [-0.15, -0.1) is 0 Å². The number of benzene rings is 1. The van der Waals surface area contributed by atoms with Gasteiger partial charge in [-0.25, -0.2) is 8.42 Å². The number of ether oxygens (including phenoxy) is 2. The molecule has 2 aliphatic heterocycles. The minimum atomic E-state index is -3.47. The zero-order valence-electron chi connectivity index (χ0n) is 13.0. The van der Waals surface area contributed by atoms with Crippen molar-refractivity contribution in [3.63, 3.8) is 0 Å². The first-order valence-electron chi connectivity index (χ1n) is 7.66. The van der Waals surface area contributed by atoms with E-state index >= 15 is 0 Å². The maximum atomic E-state index is 12.7. The van der Waals surface area contributed by atoms with Gasteiger partial charge < -0.3 is 9.47 Å².